The van der Waals surface area contributed by atoms with Gasteiger partial charge in [-0.15, -0.1) is 0 Å². The Labute approximate surface area is 188 Å². The minimum atomic E-state index is 0.304. The molecule has 0 fully saturated rings. The van der Waals surface area contributed by atoms with E-state index in [2.05, 4.69) is 60.3 Å². The zero-order valence-electron chi connectivity index (χ0n) is 17.7. The average Bonchev–Trinajstić information content (AvgIpc) is 2.73. The fraction of sp³-hybridized carbons (Fsp3) is 0.115. The van der Waals surface area contributed by atoms with E-state index in [1.165, 1.54) is 0 Å². The Morgan fingerprint density at radius 1 is 0.903 bits per heavy atom. The topological polar surface area (TPSA) is 59.9 Å². The fourth-order valence-electron chi connectivity index (χ4n) is 3.26. The molecule has 156 valence electrons. The van der Waals surface area contributed by atoms with Gasteiger partial charge < -0.3 is 16.0 Å². The standard InChI is InChI=1S/C26H25ClN4/c1-17-11-21(13-22(27)12-17)16-29-25-6-5-18(2)26(14-25)20(4)31-24-9-7-23(8-10-24)30-19(3)15-28/h5-14,29-31H,3-4,16H2,1-2H3. The monoisotopic (exact) mass is 428 g/mol. The van der Waals surface area contributed by atoms with Crippen molar-refractivity contribution in [3.05, 3.63) is 107 Å². The van der Waals surface area contributed by atoms with Gasteiger partial charge in [0.25, 0.3) is 0 Å². The van der Waals surface area contributed by atoms with E-state index in [0.717, 1.165) is 50.0 Å². The molecular formula is C26H25ClN4. The maximum absolute atomic E-state index is 8.82. The highest BCUT2D eigenvalue weighted by molar-refractivity contribution is 6.30. The first-order chi connectivity index (χ1) is 14.8. The molecular weight excluding hydrogens is 404 g/mol. The maximum Gasteiger partial charge on any atom is 0.117 e. The van der Waals surface area contributed by atoms with E-state index in [-0.39, 0.29) is 0 Å². The molecule has 0 atom stereocenters. The normalized spacial score (nSPS) is 10.1. The molecule has 3 N–H and O–H groups in total. The van der Waals surface area contributed by atoms with Crippen molar-refractivity contribution in [2.45, 2.75) is 20.4 Å². The summed E-state index contributed by atoms with van der Waals surface area (Å²) in [6.45, 7) is 12.6. The van der Waals surface area contributed by atoms with Crippen molar-refractivity contribution < 1.29 is 0 Å². The molecule has 3 rings (SSSR count). The molecule has 0 amide bonds. The minimum Gasteiger partial charge on any atom is -0.381 e. The Morgan fingerprint density at radius 2 is 1.55 bits per heavy atom. The summed E-state index contributed by atoms with van der Waals surface area (Å²) < 4.78 is 0. The van der Waals surface area contributed by atoms with Gasteiger partial charge in [0.15, 0.2) is 0 Å². The van der Waals surface area contributed by atoms with Crippen LogP contribution in [0.2, 0.25) is 5.02 Å². The lowest BCUT2D eigenvalue weighted by atomic mass is 10.0. The van der Waals surface area contributed by atoms with Crippen molar-refractivity contribution in [2.75, 3.05) is 16.0 Å². The van der Waals surface area contributed by atoms with Crippen LogP contribution < -0.4 is 16.0 Å². The fourth-order valence-corrected chi connectivity index (χ4v) is 3.57. The third-order valence-corrected chi connectivity index (χ3v) is 4.99. The second-order valence-corrected chi connectivity index (χ2v) is 7.85. The number of allylic oxidation sites excluding steroid dienone is 1. The highest BCUT2D eigenvalue weighted by Crippen LogP contribution is 2.25. The lowest BCUT2D eigenvalue weighted by Gasteiger charge is -2.15. The molecule has 0 aromatic heterocycles. The second-order valence-electron chi connectivity index (χ2n) is 7.42. The Kier molecular flexibility index (Phi) is 7.02. The number of nitrogens with one attached hydrogen (secondary N) is 3. The molecule has 0 heterocycles. The van der Waals surface area contributed by atoms with Gasteiger partial charge in [-0.05, 0) is 79.1 Å². The summed E-state index contributed by atoms with van der Waals surface area (Å²) in [4.78, 5) is 0. The molecule has 3 aromatic rings. The van der Waals surface area contributed by atoms with Crippen LogP contribution in [-0.4, -0.2) is 0 Å². The van der Waals surface area contributed by atoms with Crippen molar-refractivity contribution in [3.8, 4) is 6.07 Å². The summed E-state index contributed by atoms with van der Waals surface area (Å²) in [5, 5.41) is 19.3. The molecule has 0 saturated heterocycles. The Morgan fingerprint density at radius 3 is 2.19 bits per heavy atom. The molecule has 0 radical (unpaired) electrons. The first-order valence-corrected chi connectivity index (χ1v) is 10.2. The molecule has 3 aromatic carbocycles. The quantitative estimate of drug-likeness (QED) is 0.335. The van der Waals surface area contributed by atoms with Crippen molar-refractivity contribution in [3.63, 3.8) is 0 Å². The van der Waals surface area contributed by atoms with Crippen LogP contribution >= 0.6 is 11.6 Å². The molecule has 0 aliphatic carbocycles. The number of hydrogen-bond acceptors (Lipinski definition) is 4. The SMILES string of the molecule is C=C(C#N)Nc1ccc(NC(=C)c2cc(NCc3cc(C)cc(Cl)c3)ccc2C)cc1. The summed E-state index contributed by atoms with van der Waals surface area (Å²) in [6.07, 6.45) is 0. The van der Waals surface area contributed by atoms with E-state index in [1.54, 1.807) is 0 Å². The predicted octanol–water partition coefficient (Wildman–Crippen LogP) is 7.10. The van der Waals surface area contributed by atoms with E-state index in [4.69, 9.17) is 16.9 Å². The highest BCUT2D eigenvalue weighted by atomic mass is 35.5. The first kappa shape index (κ1) is 22.0. The third-order valence-electron chi connectivity index (χ3n) is 4.77. The Hall–Kier alpha value is -3.68. The lowest BCUT2D eigenvalue weighted by molar-refractivity contribution is 1.14. The molecule has 0 spiro atoms. The number of anilines is 3. The summed E-state index contributed by atoms with van der Waals surface area (Å²) >= 11 is 6.17. The average molecular weight is 429 g/mol. The van der Waals surface area contributed by atoms with Gasteiger partial charge in [0.2, 0.25) is 0 Å². The van der Waals surface area contributed by atoms with E-state index >= 15 is 0 Å². The number of halogens is 1. The molecule has 0 saturated carbocycles. The molecule has 0 bridgehead atoms. The number of benzene rings is 3. The summed E-state index contributed by atoms with van der Waals surface area (Å²) in [5.41, 5.74) is 8.28. The van der Waals surface area contributed by atoms with Crippen LogP contribution in [0.4, 0.5) is 17.1 Å². The smallest absolute Gasteiger partial charge is 0.117 e. The van der Waals surface area contributed by atoms with Crippen LogP contribution in [0.15, 0.2) is 79.5 Å². The van der Waals surface area contributed by atoms with Gasteiger partial charge in [0, 0.05) is 39.9 Å². The number of aryl methyl sites for hydroxylation is 2. The number of hydrogen-bond donors (Lipinski definition) is 3. The zero-order chi connectivity index (χ0) is 22.4. The van der Waals surface area contributed by atoms with Crippen molar-refractivity contribution in [1.82, 2.24) is 0 Å². The van der Waals surface area contributed by atoms with Crippen LogP contribution in [0.5, 0.6) is 0 Å². The van der Waals surface area contributed by atoms with Crippen LogP contribution in [0.3, 0.4) is 0 Å². The lowest BCUT2D eigenvalue weighted by Crippen LogP contribution is -2.03. The van der Waals surface area contributed by atoms with E-state index in [1.807, 2.05) is 49.4 Å². The van der Waals surface area contributed by atoms with E-state index in [9.17, 15) is 0 Å². The van der Waals surface area contributed by atoms with Gasteiger partial charge >= 0.3 is 0 Å². The summed E-state index contributed by atoms with van der Waals surface area (Å²) in [5.74, 6) is 0. The Balaban J connectivity index is 1.68. The predicted molar refractivity (Wildman–Crippen MR) is 132 cm³/mol. The zero-order valence-corrected chi connectivity index (χ0v) is 18.5. The van der Waals surface area contributed by atoms with Crippen LogP contribution in [0, 0.1) is 25.2 Å². The van der Waals surface area contributed by atoms with Gasteiger partial charge in [0.05, 0.1) is 0 Å². The molecule has 5 heteroatoms. The number of nitrogens with zero attached hydrogens (tertiary/aromatic N) is 1. The third kappa shape index (κ3) is 6.15. The van der Waals surface area contributed by atoms with Gasteiger partial charge in [-0.3, -0.25) is 0 Å². The number of rotatable bonds is 8. The largest absolute Gasteiger partial charge is 0.381 e. The van der Waals surface area contributed by atoms with Crippen molar-refractivity contribution in [1.29, 1.82) is 5.26 Å². The molecule has 31 heavy (non-hydrogen) atoms. The first-order valence-electron chi connectivity index (χ1n) is 9.87. The molecule has 0 aliphatic heterocycles. The second kappa shape index (κ2) is 9.88. The maximum atomic E-state index is 8.82. The molecule has 4 nitrogen and oxygen atoms in total. The summed E-state index contributed by atoms with van der Waals surface area (Å²) in [6, 6.07) is 21.9. The minimum absolute atomic E-state index is 0.304. The van der Waals surface area contributed by atoms with Gasteiger partial charge in [0.1, 0.15) is 11.8 Å². The van der Waals surface area contributed by atoms with E-state index in [0.29, 0.717) is 12.2 Å². The van der Waals surface area contributed by atoms with Crippen LogP contribution in [-0.2, 0) is 6.54 Å². The summed E-state index contributed by atoms with van der Waals surface area (Å²) in [7, 11) is 0. The van der Waals surface area contributed by atoms with Gasteiger partial charge in [-0.2, -0.15) is 5.26 Å². The highest BCUT2D eigenvalue weighted by Gasteiger charge is 2.06. The number of nitriles is 1. The van der Waals surface area contributed by atoms with Crippen molar-refractivity contribution in [2.24, 2.45) is 0 Å². The molecule has 0 aliphatic rings. The van der Waals surface area contributed by atoms with E-state index < -0.39 is 0 Å². The van der Waals surface area contributed by atoms with Gasteiger partial charge in [-0.1, -0.05) is 36.9 Å². The van der Waals surface area contributed by atoms with Crippen molar-refractivity contribution >= 4 is 34.4 Å². The van der Waals surface area contributed by atoms with Crippen LogP contribution in [0.1, 0.15) is 22.3 Å². The molecule has 0 unspecified atom stereocenters. The Bertz CT molecular complexity index is 1140. The van der Waals surface area contributed by atoms with Gasteiger partial charge in [-0.25, -0.2) is 0 Å². The van der Waals surface area contributed by atoms with Crippen LogP contribution in [0.25, 0.3) is 5.70 Å².